The number of aliphatic hydroxyl groups is 1. The van der Waals surface area contributed by atoms with Crippen LogP contribution in [0.5, 0.6) is 0 Å². The number of likely N-dealkylation sites (N-methyl/N-ethyl adjacent to an activating group) is 1. The Labute approximate surface area is 384 Å². The molecule has 0 saturated carbocycles. The molecule has 63 heavy (non-hydrogen) atoms. The Kier molecular flexibility index (Phi) is 40.7. The molecule has 0 aliphatic heterocycles. The summed E-state index contributed by atoms with van der Waals surface area (Å²) in [6.45, 7) is 4.09. The maximum absolute atomic E-state index is 12.7. The highest BCUT2D eigenvalue weighted by atomic mass is 31.2. The number of nitrogens with zero attached hydrogens (tertiary/aromatic N) is 1. The molecular formula is C52H89NO9P+. The van der Waals surface area contributed by atoms with Crippen LogP contribution in [-0.4, -0.2) is 86.1 Å². The molecule has 2 N–H and O–H groups in total. The second-order valence-corrected chi connectivity index (χ2v) is 18.4. The second kappa shape index (κ2) is 42.8. The fourth-order valence-corrected chi connectivity index (χ4v) is 6.66. The van der Waals surface area contributed by atoms with E-state index in [0.29, 0.717) is 36.7 Å². The van der Waals surface area contributed by atoms with Crippen LogP contribution in [0.15, 0.2) is 97.2 Å². The Morgan fingerprint density at radius 3 is 1.75 bits per heavy atom. The average molecular weight is 903 g/mol. The van der Waals surface area contributed by atoms with Gasteiger partial charge in [0.2, 0.25) is 0 Å². The molecule has 360 valence electrons. The van der Waals surface area contributed by atoms with Gasteiger partial charge >= 0.3 is 19.8 Å². The summed E-state index contributed by atoms with van der Waals surface area (Å²) in [7, 11) is 1.38. The van der Waals surface area contributed by atoms with E-state index in [1.807, 2.05) is 69.8 Å². The number of esters is 2. The molecule has 0 aromatic heterocycles. The molecule has 0 aromatic rings. The van der Waals surface area contributed by atoms with Crippen LogP contribution < -0.4 is 0 Å². The van der Waals surface area contributed by atoms with Crippen molar-refractivity contribution in [2.75, 3.05) is 47.5 Å². The maximum Gasteiger partial charge on any atom is 0.472 e. The van der Waals surface area contributed by atoms with Gasteiger partial charge in [0, 0.05) is 12.8 Å². The molecule has 3 atom stereocenters. The summed E-state index contributed by atoms with van der Waals surface area (Å²) in [5.74, 6) is -0.939. The number of hydrogen-bond donors (Lipinski definition) is 2. The number of quaternary nitrogens is 1. The van der Waals surface area contributed by atoms with Gasteiger partial charge in [0.1, 0.15) is 19.8 Å². The molecule has 0 fully saturated rings. The zero-order chi connectivity index (χ0) is 46.5. The minimum absolute atomic E-state index is 0.00298. The number of phosphoric acid groups is 1. The van der Waals surface area contributed by atoms with Crippen LogP contribution in [0.2, 0.25) is 0 Å². The van der Waals surface area contributed by atoms with Gasteiger partial charge in [-0.25, -0.2) is 4.57 Å². The highest BCUT2D eigenvalue weighted by Crippen LogP contribution is 2.43. The lowest BCUT2D eigenvalue weighted by Crippen LogP contribution is -2.37. The molecule has 11 heteroatoms. The van der Waals surface area contributed by atoms with E-state index < -0.39 is 38.6 Å². The number of ether oxygens (including phenoxy) is 2. The van der Waals surface area contributed by atoms with E-state index in [-0.39, 0.29) is 26.1 Å². The fraction of sp³-hybridized carbons (Fsp3) is 0.654. The van der Waals surface area contributed by atoms with Crippen LogP contribution >= 0.6 is 7.82 Å². The van der Waals surface area contributed by atoms with E-state index in [2.05, 4.69) is 56.4 Å². The summed E-state index contributed by atoms with van der Waals surface area (Å²) in [6, 6.07) is 0. The van der Waals surface area contributed by atoms with E-state index in [1.165, 1.54) is 57.8 Å². The summed E-state index contributed by atoms with van der Waals surface area (Å²) in [4.78, 5) is 35.5. The molecule has 10 nitrogen and oxygen atoms in total. The maximum atomic E-state index is 12.7. The average Bonchev–Trinajstić information content (AvgIpc) is 3.23. The van der Waals surface area contributed by atoms with E-state index in [0.717, 1.165) is 51.4 Å². The van der Waals surface area contributed by atoms with Gasteiger partial charge in [-0.05, 0) is 77.0 Å². The lowest BCUT2D eigenvalue weighted by molar-refractivity contribution is -0.870. The topological polar surface area (TPSA) is 129 Å². The van der Waals surface area contributed by atoms with E-state index in [9.17, 15) is 24.2 Å². The van der Waals surface area contributed by atoms with Crippen LogP contribution in [-0.2, 0) is 32.7 Å². The van der Waals surface area contributed by atoms with Crippen LogP contribution in [0.1, 0.15) is 162 Å². The smallest absolute Gasteiger partial charge is 0.462 e. The monoisotopic (exact) mass is 903 g/mol. The van der Waals surface area contributed by atoms with Crippen molar-refractivity contribution < 1.29 is 47.2 Å². The number of phosphoric ester groups is 1. The van der Waals surface area contributed by atoms with Crippen LogP contribution in [0.3, 0.4) is 0 Å². The molecule has 0 spiro atoms. The molecule has 0 amide bonds. The predicted octanol–water partition coefficient (Wildman–Crippen LogP) is 13.1. The number of aliphatic hydroxyl groups excluding tert-OH is 1. The Morgan fingerprint density at radius 1 is 0.587 bits per heavy atom. The first-order chi connectivity index (χ1) is 30.4. The second-order valence-electron chi connectivity index (χ2n) is 17.0. The molecule has 0 radical (unpaired) electrons. The number of carbonyl (C=O) groups excluding carboxylic acids is 2. The van der Waals surface area contributed by atoms with Crippen molar-refractivity contribution in [3.63, 3.8) is 0 Å². The third-order valence-corrected chi connectivity index (χ3v) is 10.7. The van der Waals surface area contributed by atoms with Crippen molar-refractivity contribution in [3.8, 4) is 0 Å². The summed E-state index contributed by atoms with van der Waals surface area (Å²) < 4.78 is 34.2. The zero-order valence-electron chi connectivity index (χ0n) is 40.1. The first kappa shape index (κ1) is 59.9. The van der Waals surface area contributed by atoms with Crippen molar-refractivity contribution in [1.29, 1.82) is 0 Å². The number of allylic oxidation sites excluding steroid dienone is 14. The molecule has 0 bridgehead atoms. The number of rotatable bonds is 42. The van der Waals surface area contributed by atoms with Gasteiger partial charge in [-0.1, -0.05) is 169 Å². The zero-order valence-corrected chi connectivity index (χ0v) is 41.0. The first-order valence-corrected chi connectivity index (χ1v) is 25.6. The summed E-state index contributed by atoms with van der Waals surface area (Å²) in [5.41, 5.74) is 0. The van der Waals surface area contributed by atoms with Gasteiger partial charge in [0.25, 0.3) is 0 Å². The highest BCUT2D eigenvalue weighted by Gasteiger charge is 2.27. The normalized spacial score (nSPS) is 14.8. The lowest BCUT2D eigenvalue weighted by atomic mass is 10.1. The van der Waals surface area contributed by atoms with E-state index in [4.69, 9.17) is 18.5 Å². The standard InChI is InChI=1S/C52H88NO9P/c1-6-8-10-12-14-15-16-17-18-19-20-21-22-23-24-28-31-35-39-43-51(55)59-47-50(48-61-63(57,58)60-46-45-53(3,4)5)62-52(56)44-40-36-32-29-26-25-27-30-34-38-42-49(54)41-37-33-13-11-9-7-2/h9,11,14-15,17-18,25-26,30,32-34,36-38,42,49-50,54H,6-8,10,12-13,16,19-24,27-29,31,35,39-41,43-48H2,1-5H3/p+1/b11-9-,15-14-,18-17-,26-25-,34-30-,36-32-,37-33-,42-38+/t49?,50-/m1/s1. The van der Waals surface area contributed by atoms with Crippen LogP contribution in [0.25, 0.3) is 0 Å². The van der Waals surface area contributed by atoms with Gasteiger partial charge in [0.05, 0.1) is 33.9 Å². The minimum atomic E-state index is -4.42. The molecule has 0 aromatic carbocycles. The lowest BCUT2D eigenvalue weighted by Gasteiger charge is -2.24. The van der Waals surface area contributed by atoms with Gasteiger partial charge in [-0.2, -0.15) is 0 Å². The van der Waals surface area contributed by atoms with E-state index >= 15 is 0 Å². The highest BCUT2D eigenvalue weighted by molar-refractivity contribution is 7.47. The van der Waals surface area contributed by atoms with E-state index in [1.54, 1.807) is 6.08 Å². The Hall–Kier alpha value is -3.11. The quantitative estimate of drug-likeness (QED) is 0.0154. The molecule has 0 aliphatic carbocycles. The van der Waals surface area contributed by atoms with Crippen LogP contribution in [0, 0.1) is 0 Å². The number of unbranched alkanes of at least 4 members (excludes halogenated alkanes) is 12. The van der Waals surface area contributed by atoms with Crippen molar-refractivity contribution in [1.82, 2.24) is 0 Å². The van der Waals surface area contributed by atoms with Gasteiger partial charge < -0.3 is 24.0 Å². The molecule has 0 saturated heterocycles. The largest absolute Gasteiger partial charge is 0.472 e. The van der Waals surface area contributed by atoms with Crippen LogP contribution in [0.4, 0.5) is 0 Å². The SMILES string of the molecule is CC/C=C\C/C=C\CC(O)/C=C/C=C\C/C=C\C/C=C\CCC(=O)O[C@H](COC(=O)CCCCCCCCCCC/C=C\C/C=C\CCCCC)COP(=O)(O)OCC[N+](C)(C)C. The van der Waals surface area contributed by atoms with Crippen molar-refractivity contribution >= 4 is 19.8 Å². The number of carbonyl (C=O) groups is 2. The Morgan fingerprint density at radius 2 is 1.13 bits per heavy atom. The molecule has 2 unspecified atom stereocenters. The molecule has 0 heterocycles. The van der Waals surface area contributed by atoms with Gasteiger partial charge in [-0.3, -0.25) is 18.6 Å². The van der Waals surface area contributed by atoms with Crippen molar-refractivity contribution in [2.45, 2.75) is 174 Å². The Bertz CT molecular complexity index is 1410. The predicted molar refractivity (Wildman–Crippen MR) is 262 cm³/mol. The fourth-order valence-electron chi connectivity index (χ4n) is 5.92. The third kappa shape index (κ3) is 46.7. The molecule has 0 rings (SSSR count). The first-order valence-electron chi connectivity index (χ1n) is 24.1. The van der Waals surface area contributed by atoms with Crippen molar-refractivity contribution in [3.05, 3.63) is 97.2 Å². The van der Waals surface area contributed by atoms with Gasteiger partial charge in [-0.15, -0.1) is 0 Å². The summed E-state index contributed by atoms with van der Waals surface area (Å²) in [5, 5.41) is 10.0. The number of hydrogen-bond acceptors (Lipinski definition) is 8. The van der Waals surface area contributed by atoms with Gasteiger partial charge in [0.15, 0.2) is 6.10 Å². The third-order valence-electron chi connectivity index (χ3n) is 9.69. The molecule has 0 aliphatic rings. The Balaban J connectivity index is 4.50. The molecular weight excluding hydrogens is 814 g/mol. The summed E-state index contributed by atoms with van der Waals surface area (Å²) >= 11 is 0. The summed E-state index contributed by atoms with van der Waals surface area (Å²) in [6.07, 6.45) is 53.5. The van der Waals surface area contributed by atoms with Crippen molar-refractivity contribution in [2.24, 2.45) is 0 Å². The minimum Gasteiger partial charge on any atom is -0.462 e.